The summed E-state index contributed by atoms with van der Waals surface area (Å²) in [6.45, 7) is 4.07. The molecule has 0 spiro atoms. The summed E-state index contributed by atoms with van der Waals surface area (Å²) < 4.78 is 0. The number of hydrogen-bond acceptors (Lipinski definition) is 8. The molecule has 1 N–H and O–H groups in total. The van der Waals surface area contributed by atoms with Crippen molar-refractivity contribution in [2.45, 2.75) is 13.3 Å². The second-order valence-electron chi connectivity index (χ2n) is 8.01. The van der Waals surface area contributed by atoms with Gasteiger partial charge in [0.25, 0.3) is 0 Å². The summed E-state index contributed by atoms with van der Waals surface area (Å²) >= 11 is 1.65. The second kappa shape index (κ2) is 8.22. The van der Waals surface area contributed by atoms with Crippen molar-refractivity contribution in [2.75, 3.05) is 23.3 Å². The van der Waals surface area contributed by atoms with Crippen LogP contribution in [0.3, 0.4) is 0 Å². The van der Waals surface area contributed by atoms with Gasteiger partial charge in [-0.05, 0) is 25.5 Å². The number of thiazole rings is 1. The molecule has 33 heavy (non-hydrogen) atoms. The molecule has 2 aromatic carbocycles. The van der Waals surface area contributed by atoms with Gasteiger partial charge in [-0.3, -0.25) is 0 Å². The van der Waals surface area contributed by atoms with Gasteiger partial charge < -0.3 is 10.2 Å². The lowest BCUT2D eigenvalue weighted by Gasteiger charge is -2.30. The van der Waals surface area contributed by atoms with Crippen LogP contribution in [0.4, 0.5) is 17.6 Å². The van der Waals surface area contributed by atoms with Crippen molar-refractivity contribution in [3.8, 4) is 22.4 Å². The van der Waals surface area contributed by atoms with Gasteiger partial charge in [0.2, 0.25) is 11.9 Å². The molecule has 0 amide bonds. The van der Waals surface area contributed by atoms with Crippen LogP contribution >= 0.6 is 11.3 Å². The van der Waals surface area contributed by atoms with Gasteiger partial charge in [-0.15, -0.1) is 11.3 Å². The maximum atomic E-state index is 4.84. The summed E-state index contributed by atoms with van der Waals surface area (Å²) in [6.07, 6.45) is 6.80. The number of aryl methyl sites for hydroxylation is 1. The Morgan fingerprint density at radius 3 is 2.52 bits per heavy atom. The Balaban J connectivity index is 1.32. The molecule has 162 valence electrons. The first kappa shape index (κ1) is 19.8. The summed E-state index contributed by atoms with van der Waals surface area (Å²) in [5.41, 5.74) is 5.74. The van der Waals surface area contributed by atoms with Gasteiger partial charge in [0.05, 0.1) is 16.2 Å². The molecule has 7 nitrogen and oxygen atoms in total. The Labute approximate surface area is 195 Å². The highest BCUT2D eigenvalue weighted by Crippen LogP contribution is 2.29. The van der Waals surface area contributed by atoms with Crippen molar-refractivity contribution >= 4 is 39.8 Å². The fraction of sp³-hybridized carbons (Fsp3) is 0.160. The minimum Gasteiger partial charge on any atom is -0.341 e. The lowest BCUT2D eigenvalue weighted by atomic mass is 10.1. The number of fused-ring (bicyclic) bond motifs is 1. The van der Waals surface area contributed by atoms with E-state index in [1.54, 1.807) is 11.3 Å². The number of aromatic nitrogens is 5. The average molecular weight is 452 g/mol. The van der Waals surface area contributed by atoms with Crippen LogP contribution in [0.25, 0.3) is 33.3 Å². The van der Waals surface area contributed by atoms with Crippen LogP contribution in [0.15, 0.2) is 66.4 Å². The predicted octanol–water partition coefficient (Wildman–Crippen LogP) is 5.47. The smallest absolute Gasteiger partial charge is 0.227 e. The third-order valence-corrected chi connectivity index (χ3v) is 6.51. The monoisotopic (exact) mass is 451 g/mol. The molecule has 0 bridgehead atoms. The minimum atomic E-state index is 0.541. The summed E-state index contributed by atoms with van der Waals surface area (Å²) in [5, 5.41) is 7.44. The van der Waals surface area contributed by atoms with Crippen molar-refractivity contribution in [1.82, 2.24) is 24.9 Å². The van der Waals surface area contributed by atoms with Gasteiger partial charge in [-0.2, -0.15) is 0 Å². The third kappa shape index (κ3) is 3.89. The Morgan fingerprint density at radius 1 is 0.909 bits per heavy atom. The number of anilines is 3. The first-order chi connectivity index (χ1) is 16.2. The lowest BCUT2D eigenvalue weighted by Crippen LogP contribution is -2.38. The number of nitrogens with one attached hydrogen (secondary N) is 1. The summed E-state index contributed by atoms with van der Waals surface area (Å²) in [6, 6.07) is 14.2. The van der Waals surface area contributed by atoms with E-state index >= 15 is 0 Å². The van der Waals surface area contributed by atoms with Crippen molar-refractivity contribution in [3.05, 3.63) is 71.4 Å². The van der Waals surface area contributed by atoms with Crippen molar-refractivity contribution in [1.29, 1.82) is 0 Å². The van der Waals surface area contributed by atoms with Crippen LogP contribution in [0.1, 0.15) is 11.4 Å². The Morgan fingerprint density at radius 2 is 1.76 bits per heavy atom. The second-order valence-corrected chi connectivity index (χ2v) is 9.07. The molecule has 0 unspecified atom stereocenters. The van der Waals surface area contributed by atoms with Crippen LogP contribution in [0.2, 0.25) is 0 Å². The first-order valence-corrected chi connectivity index (χ1v) is 11.7. The predicted molar refractivity (Wildman–Crippen MR) is 133 cm³/mol. The van der Waals surface area contributed by atoms with Gasteiger partial charge in [0.1, 0.15) is 0 Å². The van der Waals surface area contributed by atoms with Crippen LogP contribution in [0, 0.1) is 6.92 Å². The van der Waals surface area contributed by atoms with E-state index < -0.39 is 0 Å². The van der Waals surface area contributed by atoms with Crippen molar-refractivity contribution in [3.63, 3.8) is 0 Å². The largest absolute Gasteiger partial charge is 0.341 e. The Kier molecular flexibility index (Phi) is 4.92. The SMILES string of the molecule is Cc1nc(-c2cccc(Nc3ncc4cccc(-c5cnc(N6CCC6)nc5)c4n3)c2)cs1. The highest BCUT2D eigenvalue weighted by Gasteiger charge is 2.17. The minimum absolute atomic E-state index is 0.541. The maximum absolute atomic E-state index is 4.84. The van der Waals surface area contributed by atoms with Gasteiger partial charge in [-0.1, -0.05) is 30.3 Å². The standard InChI is InChI=1S/C25H21N7S/c1-16-29-22(15-33-16)17-5-2-7-20(11-17)30-24-26-12-18-6-3-8-21(23(18)31-24)19-13-27-25(28-14-19)32-9-4-10-32/h2-3,5-8,11-15H,4,9-10H2,1H3,(H,26,30,31). The van der Waals surface area contributed by atoms with E-state index in [0.717, 1.165) is 63.0 Å². The van der Waals surface area contributed by atoms with Crippen LogP contribution in [-0.2, 0) is 0 Å². The van der Waals surface area contributed by atoms with E-state index in [2.05, 4.69) is 47.7 Å². The highest BCUT2D eigenvalue weighted by atomic mass is 32.1. The average Bonchev–Trinajstić information content (AvgIpc) is 3.25. The molecule has 1 fully saturated rings. The normalized spacial score (nSPS) is 13.2. The zero-order chi connectivity index (χ0) is 22.2. The number of hydrogen-bond donors (Lipinski definition) is 1. The number of benzene rings is 2. The molecule has 0 atom stereocenters. The van der Waals surface area contributed by atoms with E-state index in [4.69, 9.17) is 4.98 Å². The number of nitrogens with zero attached hydrogens (tertiary/aromatic N) is 6. The van der Waals surface area contributed by atoms with Crippen molar-refractivity contribution < 1.29 is 0 Å². The first-order valence-electron chi connectivity index (χ1n) is 10.9. The zero-order valence-electron chi connectivity index (χ0n) is 18.1. The number of para-hydroxylation sites is 1. The van der Waals surface area contributed by atoms with Crippen LogP contribution in [0.5, 0.6) is 0 Å². The maximum Gasteiger partial charge on any atom is 0.227 e. The molecule has 6 rings (SSSR count). The summed E-state index contributed by atoms with van der Waals surface area (Å²) in [5.74, 6) is 1.33. The molecule has 5 aromatic rings. The topological polar surface area (TPSA) is 79.7 Å². The van der Waals surface area contributed by atoms with Gasteiger partial charge in [0, 0.05) is 64.8 Å². The Bertz CT molecular complexity index is 1440. The number of rotatable bonds is 5. The van der Waals surface area contributed by atoms with E-state index in [0.29, 0.717) is 5.95 Å². The van der Waals surface area contributed by atoms with Gasteiger partial charge in [-0.25, -0.2) is 24.9 Å². The molecule has 4 heterocycles. The molecule has 1 aliphatic rings. The summed E-state index contributed by atoms with van der Waals surface area (Å²) in [7, 11) is 0. The molecular weight excluding hydrogens is 430 g/mol. The molecule has 0 saturated carbocycles. The fourth-order valence-corrected chi connectivity index (χ4v) is 4.49. The summed E-state index contributed by atoms with van der Waals surface area (Å²) in [4.78, 5) is 25.3. The molecule has 0 aliphatic carbocycles. The molecule has 1 saturated heterocycles. The van der Waals surface area contributed by atoms with E-state index in [1.165, 1.54) is 6.42 Å². The molecular formula is C25H21N7S. The Hall–Kier alpha value is -3.91. The van der Waals surface area contributed by atoms with Gasteiger partial charge >= 0.3 is 0 Å². The molecule has 3 aromatic heterocycles. The van der Waals surface area contributed by atoms with E-state index in [1.807, 2.05) is 55.8 Å². The molecule has 8 heteroatoms. The third-order valence-electron chi connectivity index (χ3n) is 5.73. The highest BCUT2D eigenvalue weighted by molar-refractivity contribution is 7.09. The van der Waals surface area contributed by atoms with Crippen LogP contribution in [-0.4, -0.2) is 38.0 Å². The van der Waals surface area contributed by atoms with Gasteiger partial charge in [0.15, 0.2) is 0 Å². The van der Waals surface area contributed by atoms with Crippen molar-refractivity contribution in [2.24, 2.45) is 0 Å². The lowest BCUT2D eigenvalue weighted by molar-refractivity contribution is 0.600. The zero-order valence-corrected chi connectivity index (χ0v) is 18.9. The van der Waals surface area contributed by atoms with E-state index in [9.17, 15) is 0 Å². The quantitative estimate of drug-likeness (QED) is 0.379. The fourth-order valence-electron chi connectivity index (χ4n) is 3.87. The van der Waals surface area contributed by atoms with Crippen LogP contribution < -0.4 is 10.2 Å². The molecule has 1 aliphatic heterocycles. The molecule has 0 radical (unpaired) electrons. The van der Waals surface area contributed by atoms with E-state index in [-0.39, 0.29) is 0 Å².